The molecular formula is C22H26N4O3S. The molecule has 2 aromatic carbocycles. The number of carbonyl (C=O) groups excluding carboxylic acids is 1. The quantitative estimate of drug-likeness (QED) is 0.633. The van der Waals surface area contributed by atoms with Gasteiger partial charge in [0.1, 0.15) is 5.82 Å². The molecule has 0 unspecified atom stereocenters. The molecule has 2 heterocycles. The Kier molecular flexibility index (Phi) is 5.87. The fourth-order valence-electron chi connectivity index (χ4n) is 3.78. The summed E-state index contributed by atoms with van der Waals surface area (Å²) in [7, 11) is -3.59. The molecule has 1 saturated heterocycles. The number of imidazole rings is 1. The van der Waals surface area contributed by atoms with Gasteiger partial charge in [0.2, 0.25) is 10.0 Å². The summed E-state index contributed by atoms with van der Waals surface area (Å²) >= 11 is 0. The summed E-state index contributed by atoms with van der Waals surface area (Å²) in [6.45, 7) is 3.24. The van der Waals surface area contributed by atoms with Crippen LogP contribution in [0.1, 0.15) is 41.0 Å². The number of aromatic amines is 1. The van der Waals surface area contributed by atoms with E-state index < -0.39 is 10.0 Å². The molecule has 0 atom stereocenters. The number of nitrogens with one attached hydrogen (secondary N) is 2. The third-order valence-electron chi connectivity index (χ3n) is 5.47. The molecule has 1 fully saturated rings. The van der Waals surface area contributed by atoms with Crippen molar-refractivity contribution in [1.29, 1.82) is 0 Å². The van der Waals surface area contributed by atoms with Crippen LogP contribution in [0.5, 0.6) is 0 Å². The number of aryl methyl sites for hydroxylation is 1. The van der Waals surface area contributed by atoms with Gasteiger partial charge >= 0.3 is 0 Å². The highest BCUT2D eigenvalue weighted by atomic mass is 32.2. The zero-order chi connectivity index (χ0) is 21.1. The first-order chi connectivity index (χ1) is 14.4. The highest BCUT2D eigenvalue weighted by Crippen LogP contribution is 2.24. The molecule has 1 aromatic heterocycles. The summed E-state index contributed by atoms with van der Waals surface area (Å²) in [5, 5.41) is 2.86. The number of fused-ring (bicyclic) bond motifs is 1. The highest BCUT2D eigenvalue weighted by molar-refractivity contribution is 7.89. The van der Waals surface area contributed by atoms with Crippen molar-refractivity contribution in [3.05, 3.63) is 59.4 Å². The van der Waals surface area contributed by atoms with E-state index >= 15 is 0 Å². The molecule has 4 rings (SSSR count). The van der Waals surface area contributed by atoms with E-state index in [2.05, 4.69) is 15.3 Å². The molecule has 8 heteroatoms. The van der Waals surface area contributed by atoms with Crippen molar-refractivity contribution in [2.24, 2.45) is 0 Å². The van der Waals surface area contributed by atoms with Gasteiger partial charge in [-0.25, -0.2) is 13.4 Å². The molecule has 7 nitrogen and oxygen atoms in total. The lowest BCUT2D eigenvalue weighted by Crippen LogP contribution is -2.36. The predicted molar refractivity (Wildman–Crippen MR) is 116 cm³/mol. The first-order valence-electron chi connectivity index (χ1n) is 10.3. The number of rotatable bonds is 6. The van der Waals surface area contributed by atoms with Crippen LogP contribution in [-0.4, -0.2) is 48.2 Å². The van der Waals surface area contributed by atoms with Gasteiger partial charge in [-0.1, -0.05) is 24.6 Å². The van der Waals surface area contributed by atoms with E-state index in [1.54, 1.807) is 19.1 Å². The Morgan fingerprint density at radius 1 is 1.13 bits per heavy atom. The Hall–Kier alpha value is -2.71. The van der Waals surface area contributed by atoms with Crippen LogP contribution in [0.4, 0.5) is 0 Å². The largest absolute Gasteiger partial charge is 0.352 e. The van der Waals surface area contributed by atoms with E-state index in [-0.39, 0.29) is 10.8 Å². The van der Waals surface area contributed by atoms with Crippen molar-refractivity contribution in [1.82, 2.24) is 19.6 Å². The minimum Gasteiger partial charge on any atom is -0.352 e. The Morgan fingerprint density at radius 3 is 2.67 bits per heavy atom. The number of nitrogens with zero attached hydrogens (tertiary/aromatic N) is 2. The van der Waals surface area contributed by atoms with E-state index in [0.717, 1.165) is 36.1 Å². The van der Waals surface area contributed by atoms with Crippen molar-refractivity contribution in [3.8, 4) is 0 Å². The lowest BCUT2D eigenvalue weighted by molar-refractivity contribution is 0.0954. The first-order valence-corrected chi connectivity index (χ1v) is 11.7. The van der Waals surface area contributed by atoms with Crippen LogP contribution in [0, 0.1) is 6.92 Å². The number of hydrogen-bond donors (Lipinski definition) is 2. The van der Waals surface area contributed by atoms with Crippen LogP contribution in [0.2, 0.25) is 0 Å². The van der Waals surface area contributed by atoms with Gasteiger partial charge in [0.25, 0.3) is 5.91 Å². The Labute approximate surface area is 176 Å². The predicted octanol–water partition coefficient (Wildman–Crippen LogP) is 3.02. The summed E-state index contributed by atoms with van der Waals surface area (Å²) in [5.41, 5.74) is 2.86. The molecule has 0 saturated carbocycles. The first kappa shape index (κ1) is 20.6. The third-order valence-corrected chi connectivity index (χ3v) is 7.51. The molecule has 0 bridgehead atoms. The number of benzene rings is 2. The summed E-state index contributed by atoms with van der Waals surface area (Å²) in [5.74, 6) is 0.509. The molecule has 3 aromatic rings. The molecule has 1 amide bonds. The van der Waals surface area contributed by atoms with Gasteiger partial charge < -0.3 is 10.3 Å². The van der Waals surface area contributed by atoms with Gasteiger partial charge in [-0.15, -0.1) is 0 Å². The van der Waals surface area contributed by atoms with Crippen LogP contribution in [0.15, 0.2) is 47.4 Å². The molecular weight excluding hydrogens is 400 g/mol. The third kappa shape index (κ3) is 4.24. The molecule has 0 radical (unpaired) electrons. The monoisotopic (exact) mass is 426 g/mol. The highest BCUT2D eigenvalue weighted by Gasteiger charge is 2.28. The standard InChI is InChI=1S/C22H26N4O3S/c1-16-9-10-17(15-20(16)30(28,29)26-13-5-2-6-14-26)22(27)23-12-11-21-24-18-7-3-4-8-19(18)25-21/h3-4,7-10,15H,2,5-6,11-14H2,1H3,(H,23,27)(H,24,25). The molecule has 2 N–H and O–H groups in total. The maximum Gasteiger partial charge on any atom is 0.251 e. The van der Waals surface area contributed by atoms with Crippen LogP contribution in [0.3, 0.4) is 0 Å². The number of amides is 1. The van der Waals surface area contributed by atoms with E-state index in [4.69, 9.17) is 0 Å². The van der Waals surface area contributed by atoms with E-state index in [0.29, 0.717) is 37.2 Å². The Balaban J connectivity index is 1.44. The Morgan fingerprint density at radius 2 is 1.90 bits per heavy atom. The van der Waals surface area contributed by atoms with Crippen LogP contribution in [-0.2, 0) is 16.4 Å². The molecule has 1 aliphatic rings. The number of carbonyl (C=O) groups is 1. The van der Waals surface area contributed by atoms with Gasteiger partial charge in [-0.05, 0) is 49.6 Å². The van der Waals surface area contributed by atoms with Crippen LogP contribution >= 0.6 is 0 Å². The zero-order valence-corrected chi connectivity index (χ0v) is 17.8. The summed E-state index contributed by atoms with van der Waals surface area (Å²) < 4.78 is 27.6. The maximum absolute atomic E-state index is 13.0. The van der Waals surface area contributed by atoms with Gasteiger partial charge in [0.15, 0.2) is 0 Å². The van der Waals surface area contributed by atoms with Crippen molar-refractivity contribution in [2.75, 3.05) is 19.6 Å². The minimum atomic E-state index is -3.59. The second-order valence-corrected chi connectivity index (χ2v) is 9.56. The number of hydrogen-bond acceptors (Lipinski definition) is 4. The van der Waals surface area contributed by atoms with Crippen molar-refractivity contribution < 1.29 is 13.2 Å². The summed E-state index contributed by atoms with van der Waals surface area (Å²) in [4.78, 5) is 20.6. The normalized spacial score (nSPS) is 15.4. The molecule has 0 aliphatic carbocycles. The lowest BCUT2D eigenvalue weighted by atomic mass is 10.1. The fraction of sp³-hybridized carbons (Fsp3) is 0.364. The molecule has 0 spiro atoms. The average molecular weight is 427 g/mol. The van der Waals surface area contributed by atoms with E-state index in [1.165, 1.54) is 10.4 Å². The molecule has 1 aliphatic heterocycles. The zero-order valence-electron chi connectivity index (χ0n) is 17.0. The SMILES string of the molecule is Cc1ccc(C(=O)NCCc2nc3ccccc3[nH]2)cc1S(=O)(=O)N1CCCCC1. The number of piperidine rings is 1. The van der Waals surface area contributed by atoms with Crippen LogP contribution in [0.25, 0.3) is 11.0 Å². The topological polar surface area (TPSA) is 95.2 Å². The van der Waals surface area contributed by atoms with Gasteiger partial charge in [0, 0.05) is 31.6 Å². The number of para-hydroxylation sites is 2. The average Bonchev–Trinajstić information content (AvgIpc) is 3.17. The second kappa shape index (κ2) is 8.57. The van der Waals surface area contributed by atoms with Gasteiger partial charge in [0.05, 0.1) is 15.9 Å². The summed E-state index contributed by atoms with van der Waals surface area (Å²) in [6, 6.07) is 12.6. The maximum atomic E-state index is 13.0. The lowest BCUT2D eigenvalue weighted by Gasteiger charge is -2.26. The molecule has 158 valence electrons. The molecule has 30 heavy (non-hydrogen) atoms. The van der Waals surface area contributed by atoms with Gasteiger partial charge in [-0.2, -0.15) is 4.31 Å². The number of sulfonamides is 1. The number of H-pyrrole nitrogens is 1. The smallest absolute Gasteiger partial charge is 0.251 e. The van der Waals surface area contributed by atoms with Crippen LogP contribution < -0.4 is 5.32 Å². The number of aromatic nitrogens is 2. The summed E-state index contributed by atoms with van der Waals surface area (Å²) in [6.07, 6.45) is 3.37. The van der Waals surface area contributed by atoms with E-state index in [9.17, 15) is 13.2 Å². The van der Waals surface area contributed by atoms with Crippen molar-refractivity contribution in [3.63, 3.8) is 0 Å². The van der Waals surface area contributed by atoms with Crippen molar-refractivity contribution >= 4 is 27.0 Å². The fourth-order valence-corrected chi connectivity index (χ4v) is 5.55. The van der Waals surface area contributed by atoms with Crippen molar-refractivity contribution in [2.45, 2.75) is 37.5 Å². The second-order valence-electron chi connectivity index (χ2n) is 7.65. The van der Waals surface area contributed by atoms with E-state index in [1.807, 2.05) is 24.3 Å². The van der Waals surface area contributed by atoms with Gasteiger partial charge in [-0.3, -0.25) is 4.79 Å². The Bertz CT molecular complexity index is 1130. The minimum absolute atomic E-state index is 0.217.